The van der Waals surface area contributed by atoms with Gasteiger partial charge >= 0.3 is 0 Å². The maximum atomic E-state index is 5.98. The van der Waals surface area contributed by atoms with E-state index in [4.69, 9.17) is 5.73 Å². The topological polar surface area (TPSA) is 50.4 Å². The van der Waals surface area contributed by atoms with Gasteiger partial charge in [0.2, 0.25) is 0 Å². The highest BCUT2D eigenvalue weighted by atomic mass is 15.1. The molecular formula is C14H27N3. The standard InChI is InChI=1S/C14H27N3/c1-14(9-6-10-14)11-16-13(15)17-12-7-4-2-3-5-8-12/h12H,2-11H2,1H3,(H3,15,16,17). The molecule has 2 saturated carbocycles. The first kappa shape index (κ1) is 12.7. The second-order valence-electron chi connectivity index (χ2n) is 6.20. The van der Waals surface area contributed by atoms with Crippen molar-refractivity contribution in [2.75, 3.05) is 6.54 Å². The van der Waals surface area contributed by atoms with Crippen molar-refractivity contribution >= 4 is 5.96 Å². The van der Waals surface area contributed by atoms with Gasteiger partial charge in [-0.1, -0.05) is 39.0 Å². The van der Waals surface area contributed by atoms with E-state index in [9.17, 15) is 0 Å². The molecule has 2 aliphatic rings. The minimum Gasteiger partial charge on any atom is -0.370 e. The summed E-state index contributed by atoms with van der Waals surface area (Å²) in [5, 5.41) is 3.41. The average Bonchev–Trinajstić information content (AvgIpc) is 2.52. The minimum absolute atomic E-state index is 0.440. The third-order valence-corrected chi connectivity index (χ3v) is 4.40. The summed E-state index contributed by atoms with van der Waals surface area (Å²) in [6.45, 7) is 3.22. The Labute approximate surface area is 105 Å². The average molecular weight is 237 g/mol. The molecule has 2 rings (SSSR count). The van der Waals surface area contributed by atoms with Crippen molar-refractivity contribution < 1.29 is 0 Å². The van der Waals surface area contributed by atoms with Crippen LogP contribution in [0.5, 0.6) is 0 Å². The maximum absolute atomic E-state index is 5.98. The van der Waals surface area contributed by atoms with E-state index in [1.807, 2.05) is 0 Å². The molecule has 2 fully saturated rings. The quantitative estimate of drug-likeness (QED) is 0.450. The van der Waals surface area contributed by atoms with Crippen LogP contribution in [0.25, 0.3) is 0 Å². The highest BCUT2D eigenvalue weighted by Crippen LogP contribution is 2.40. The molecule has 0 aromatic carbocycles. The fourth-order valence-corrected chi connectivity index (χ4v) is 2.89. The lowest BCUT2D eigenvalue weighted by Gasteiger charge is -2.36. The van der Waals surface area contributed by atoms with Gasteiger partial charge in [0, 0.05) is 12.6 Å². The van der Waals surface area contributed by atoms with Crippen molar-refractivity contribution in [3.8, 4) is 0 Å². The van der Waals surface area contributed by atoms with Gasteiger partial charge in [-0.25, -0.2) is 0 Å². The predicted molar refractivity (Wildman–Crippen MR) is 73.1 cm³/mol. The molecule has 0 amide bonds. The molecule has 0 bridgehead atoms. The molecular weight excluding hydrogens is 210 g/mol. The number of nitrogens with two attached hydrogens (primary N) is 1. The normalized spacial score (nSPS) is 26.1. The van der Waals surface area contributed by atoms with Gasteiger partial charge in [0.25, 0.3) is 0 Å². The van der Waals surface area contributed by atoms with Gasteiger partial charge in [0.05, 0.1) is 0 Å². The minimum atomic E-state index is 0.440. The Hall–Kier alpha value is -0.730. The summed E-state index contributed by atoms with van der Waals surface area (Å²) in [4.78, 5) is 4.53. The number of guanidine groups is 1. The van der Waals surface area contributed by atoms with Crippen molar-refractivity contribution in [2.45, 2.75) is 70.8 Å². The zero-order valence-electron chi connectivity index (χ0n) is 11.2. The van der Waals surface area contributed by atoms with Crippen LogP contribution in [0, 0.1) is 5.41 Å². The highest BCUT2D eigenvalue weighted by Gasteiger charge is 2.31. The molecule has 0 aliphatic heterocycles. The summed E-state index contributed by atoms with van der Waals surface area (Å²) < 4.78 is 0. The first-order valence-corrected chi connectivity index (χ1v) is 7.24. The van der Waals surface area contributed by atoms with Gasteiger partial charge in [-0.15, -0.1) is 0 Å². The smallest absolute Gasteiger partial charge is 0.188 e. The number of hydrogen-bond acceptors (Lipinski definition) is 1. The van der Waals surface area contributed by atoms with E-state index in [-0.39, 0.29) is 0 Å². The zero-order valence-corrected chi connectivity index (χ0v) is 11.2. The van der Waals surface area contributed by atoms with Gasteiger partial charge in [-0.3, -0.25) is 4.99 Å². The molecule has 0 aromatic rings. The van der Waals surface area contributed by atoms with Gasteiger partial charge < -0.3 is 11.1 Å². The van der Waals surface area contributed by atoms with Crippen molar-refractivity contribution in [3.63, 3.8) is 0 Å². The number of rotatable bonds is 3. The molecule has 17 heavy (non-hydrogen) atoms. The summed E-state index contributed by atoms with van der Waals surface area (Å²) in [7, 11) is 0. The molecule has 2 aliphatic carbocycles. The Bertz CT molecular complexity index is 261. The van der Waals surface area contributed by atoms with Crippen LogP contribution >= 0.6 is 0 Å². The summed E-state index contributed by atoms with van der Waals surface area (Å²) in [6.07, 6.45) is 11.9. The monoisotopic (exact) mass is 237 g/mol. The van der Waals surface area contributed by atoms with Gasteiger partial charge in [-0.05, 0) is 31.1 Å². The second-order valence-corrected chi connectivity index (χ2v) is 6.20. The summed E-state index contributed by atoms with van der Waals surface area (Å²) in [5.74, 6) is 0.671. The third kappa shape index (κ3) is 3.90. The summed E-state index contributed by atoms with van der Waals surface area (Å²) >= 11 is 0. The van der Waals surface area contributed by atoms with Crippen LogP contribution in [0.1, 0.15) is 64.7 Å². The largest absolute Gasteiger partial charge is 0.370 e. The molecule has 3 N–H and O–H groups in total. The van der Waals surface area contributed by atoms with Crippen LogP contribution in [-0.2, 0) is 0 Å². The number of nitrogens with zero attached hydrogens (tertiary/aromatic N) is 1. The first-order valence-electron chi connectivity index (χ1n) is 7.24. The van der Waals surface area contributed by atoms with E-state index in [0.717, 1.165) is 6.54 Å². The van der Waals surface area contributed by atoms with Crippen molar-refractivity contribution in [2.24, 2.45) is 16.1 Å². The predicted octanol–water partition coefficient (Wildman–Crippen LogP) is 2.80. The number of nitrogens with one attached hydrogen (secondary N) is 1. The van der Waals surface area contributed by atoms with E-state index in [2.05, 4.69) is 17.2 Å². The molecule has 0 aromatic heterocycles. The van der Waals surface area contributed by atoms with Crippen LogP contribution in [0.2, 0.25) is 0 Å². The fourth-order valence-electron chi connectivity index (χ4n) is 2.89. The molecule has 0 heterocycles. The number of aliphatic imine (C=N–C) groups is 1. The van der Waals surface area contributed by atoms with Crippen molar-refractivity contribution in [1.82, 2.24) is 5.32 Å². The Balaban J connectivity index is 1.74. The zero-order chi connectivity index (χ0) is 12.1. The van der Waals surface area contributed by atoms with E-state index in [1.54, 1.807) is 0 Å². The van der Waals surface area contributed by atoms with Crippen LogP contribution < -0.4 is 11.1 Å². The van der Waals surface area contributed by atoms with Crippen LogP contribution in [-0.4, -0.2) is 18.5 Å². The second kappa shape index (κ2) is 5.74. The Morgan fingerprint density at radius 1 is 1.18 bits per heavy atom. The van der Waals surface area contributed by atoms with Crippen molar-refractivity contribution in [3.05, 3.63) is 0 Å². The number of hydrogen-bond donors (Lipinski definition) is 2. The van der Waals surface area contributed by atoms with Crippen molar-refractivity contribution in [1.29, 1.82) is 0 Å². The van der Waals surface area contributed by atoms with E-state index < -0.39 is 0 Å². The van der Waals surface area contributed by atoms with Gasteiger partial charge in [-0.2, -0.15) is 0 Å². The third-order valence-electron chi connectivity index (χ3n) is 4.40. The molecule has 0 radical (unpaired) electrons. The molecule has 0 saturated heterocycles. The van der Waals surface area contributed by atoms with Crippen LogP contribution in [0.15, 0.2) is 4.99 Å². The van der Waals surface area contributed by atoms with Gasteiger partial charge in [0.1, 0.15) is 0 Å². The molecule has 0 atom stereocenters. The summed E-state index contributed by atoms with van der Waals surface area (Å²) in [5.41, 5.74) is 6.42. The highest BCUT2D eigenvalue weighted by molar-refractivity contribution is 5.78. The molecule has 3 heteroatoms. The van der Waals surface area contributed by atoms with E-state index in [0.29, 0.717) is 17.4 Å². The SMILES string of the molecule is CC1(CN=C(N)NC2CCCCCC2)CCC1. The first-order chi connectivity index (χ1) is 8.18. The van der Waals surface area contributed by atoms with Gasteiger partial charge in [0.15, 0.2) is 5.96 Å². The lowest BCUT2D eigenvalue weighted by Crippen LogP contribution is -2.41. The lowest BCUT2D eigenvalue weighted by molar-refractivity contribution is 0.173. The van der Waals surface area contributed by atoms with Crippen LogP contribution in [0.4, 0.5) is 0 Å². The fraction of sp³-hybridized carbons (Fsp3) is 0.929. The van der Waals surface area contributed by atoms with Crippen LogP contribution in [0.3, 0.4) is 0 Å². The Morgan fingerprint density at radius 2 is 1.82 bits per heavy atom. The molecule has 0 spiro atoms. The molecule has 98 valence electrons. The Kier molecular flexibility index (Phi) is 4.30. The Morgan fingerprint density at radius 3 is 2.35 bits per heavy atom. The molecule has 0 unspecified atom stereocenters. The van der Waals surface area contributed by atoms with E-state index in [1.165, 1.54) is 57.8 Å². The molecule has 3 nitrogen and oxygen atoms in total. The maximum Gasteiger partial charge on any atom is 0.188 e. The lowest BCUT2D eigenvalue weighted by atomic mass is 9.71. The summed E-state index contributed by atoms with van der Waals surface area (Å²) in [6, 6.07) is 0.565. The van der Waals surface area contributed by atoms with E-state index >= 15 is 0 Å².